The molecule has 0 aromatic heterocycles. The predicted octanol–water partition coefficient (Wildman–Crippen LogP) is 3.54. The number of anilines is 3. The van der Waals surface area contributed by atoms with Crippen LogP contribution in [0.4, 0.5) is 21.9 Å². The van der Waals surface area contributed by atoms with E-state index >= 15 is 0 Å². The van der Waals surface area contributed by atoms with Crippen molar-refractivity contribution >= 4 is 34.9 Å². The summed E-state index contributed by atoms with van der Waals surface area (Å²) in [5, 5.41) is 8.45. The Balaban J connectivity index is 1.26. The minimum Gasteiger partial charge on any atom is -0.376 e. The van der Waals surface area contributed by atoms with E-state index in [-0.39, 0.29) is 30.4 Å². The Morgan fingerprint density at radius 1 is 1.03 bits per heavy atom. The van der Waals surface area contributed by atoms with Gasteiger partial charge in [0.2, 0.25) is 11.8 Å². The summed E-state index contributed by atoms with van der Waals surface area (Å²) in [6.07, 6.45) is 3.20. The van der Waals surface area contributed by atoms with Gasteiger partial charge < -0.3 is 25.6 Å². The first-order chi connectivity index (χ1) is 16.0. The van der Waals surface area contributed by atoms with E-state index in [2.05, 4.69) is 22.9 Å². The topological polar surface area (TPSA) is 99.8 Å². The molecular formula is C25H30N4O4. The number of nitrogens with zero attached hydrogens (tertiary/aromatic N) is 1. The van der Waals surface area contributed by atoms with Gasteiger partial charge in [-0.2, -0.15) is 0 Å². The van der Waals surface area contributed by atoms with Crippen LogP contribution in [-0.2, 0) is 20.7 Å². The molecule has 2 aliphatic rings. The first-order valence-corrected chi connectivity index (χ1v) is 11.5. The number of benzene rings is 2. The maximum absolute atomic E-state index is 12.7. The van der Waals surface area contributed by atoms with Crippen molar-refractivity contribution in [2.24, 2.45) is 5.92 Å². The van der Waals surface area contributed by atoms with Gasteiger partial charge in [-0.15, -0.1) is 0 Å². The standard InChI is InChI=1S/C25H30N4O4/c1-2-17-5-11-21(12-6-17)29-16-18(14-23(29)30)24(31)27-19-7-9-20(10-8-19)28-25(32)26-15-22-4-3-13-33-22/h5-12,18,22H,2-4,13-16H2,1H3,(H,27,31)(H2,26,28,32). The van der Waals surface area contributed by atoms with Crippen molar-refractivity contribution in [3.63, 3.8) is 0 Å². The summed E-state index contributed by atoms with van der Waals surface area (Å²) in [7, 11) is 0. The average Bonchev–Trinajstić information content (AvgIpc) is 3.49. The maximum atomic E-state index is 12.7. The second kappa shape index (κ2) is 10.5. The largest absolute Gasteiger partial charge is 0.376 e. The number of nitrogens with one attached hydrogen (secondary N) is 3. The summed E-state index contributed by atoms with van der Waals surface area (Å²) in [6, 6.07) is 14.5. The molecule has 2 fully saturated rings. The molecule has 0 saturated carbocycles. The molecule has 0 aliphatic carbocycles. The lowest BCUT2D eigenvalue weighted by Crippen LogP contribution is -2.35. The smallest absolute Gasteiger partial charge is 0.319 e. The molecule has 4 rings (SSSR count). The van der Waals surface area contributed by atoms with Crippen molar-refractivity contribution in [2.45, 2.75) is 38.7 Å². The molecule has 2 aliphatic heterocycles. The van der Waals surface area contributed by atoms with Gasteiger partial charge in [0, 0.05) is 43.2 Å². The first-order valence-electron chi connectivity index (χ1n) is 11.5. The van der Waals surface area contributed by atoms with Crippen LogP contribution in [0.2, 0.25) is 0 Å². The lowest BCUT2D eigenvalue weighted by Gasteiger charge is -2.17. The van der Waals surface area contributed by atoms with E-state index in [4.69, 9.17) is 4.74 Å². The van der Waals surface area contributed by atoms with Crippen molar-refractivity contribution in [1.82, 2.24) is 5.32 Å². The Bertz CT molecular complexity index is 984. The lowest BCUT2D eigenvalue weighted by atomic mass is 10.1. The molecule has 4 amide bonds. The van der Waals surface area contributed by atoms with Crippen LogP contribution in [0.1, 0.15) is 31.7 Å². The van der Waals surface area contributed by atoms with Gasteiger partial charge in [0.15, 0.2) is 0 Å². The normalized spacial score (nSPS) is 20.0. The van der Waals surface area contributed by atoms with Crippen LogP contribution in [0.5, 0.6) is 0 Å². The number of carbonyl (C=O) groups is 3. The fourth-order valence-electron chi connectivity index (χ4n) is 4.11. The Kier molecular flexibility index (Phi) is 7.24. The minimum absolute atomic E-state index is 0.0482. The molecule has 2 saturated heterocycles. The minimum atomic E-state index is -0.412. The zero-order chi connectivity index (χ0) is 23.2. The van der Waals surface area contributed by atoms with E-state index in [0.29, 0.717) is 24.5 Å². The number of hydrogen-bond acceptors (Lipinski definition) is 4. The van der Waals surface area contributed by atoms with Gasteiger partial charge in [-0.05, 0) is 61.2 Å². The second-order valence-corrected chi connectivity index (χ2v) is 8.46. The van der Waals surface area contributed by atoms with Crippen LogP contribution in [0, 0.1) is 5.92 Å². The molecule has 2 heterocycles. The van der Waals surface area contributed by atoms with Gasteiger partial charge in [-0.25, -0.2) is 4.79 Å². The summed E-state index contributed by atoms with van der Waals surface area (Å²) >= 11 is 0. The quantitative estimate of drug-likeness (QED) is 0.601. The molecule has 0 radical (unpaired) electrons. The summed E-state index contributed by atoms with van der Waals surface area (Å²) < 4.78 is 5.49. The molecule has 33 heavy (non-hydrogen) atoms. The zero-order valence-electron chi connectivity index (χ0n) is 18.8. The number of carbonyl (C=O) groups excluding carboxylic acids is 3. The zero-order valence-corrected chi connectivity index (χ0v) is 18.8. The van der Waals surface area contributed by atoms with Crippen molar-refractivity contribution in [2.75, 3.05) is 35.2 Å². The van der Waals surface area contributed by atoms with E-state index in [1.165, 1.54) is 5.56 Å². The van der Waals surface area contributed by atoms with Crippen molar-refractivity contribution in [3.05, 3.63) is 54.1 Å². The van der Waals surface area contributed by atoms with E-state index in [0.717, 1.165) is 31.6 Å². The second-order valence-electron chi connectivity index (χ2n) is 8.46. The monoisotopic (exact) mass is 450 g/mol. The van der Waals surface area contributed by atoms with Crippen molar-refractivity contribution in [1.29, 1.82) is 0 Å². The molecule has 8 nitrogen and oxygen atoms in total. The molecular weight excluding hydrogens is 420 g/mol. The summed E-state index contributed by atoms with van der Waals surface area (Å²) in [5.74, 6) is -0.649. The number of aryl methyl sites for hydroxylation is 1. The van der Waals surface area contributed by atoms with Crippen LogP contribution in [0.25, 0.3) is 0 Å². The van der Waals surface area contributed by atoms with E-state index in [1.807, 2.05) is 24.3 Å². The van der Waals surface area contributed by atoms with Crippen LogP contribution >= 0.6 is 0 Å². The number of ether oxygens (including phenoxy) is 1. The first kappa shape index (κ1) is 22.8. The Labute approximate surface area is 193 Å². The Morgan fingerprint density at radius 2 is 1.73 bits per heavy atom. The molecule has 8 heteroatoms. The number of amides is 4. The highest BCUT2D eigenvalue weighted by Crippen LogP contribution is 2.26. The highest BCUT2D eigenvalue weighted by atomic mass is 16.5. The number of rotatable bonds is 7. The molecule has 2 aromatic rings. The van der Waals surface area contributed by atoms with E-state index in [1.54, 1.807) is 29.2 Å². The fraction of sp³-hybridized carbons (Fsp3) is 0.400. The molecule has 2 unspecified atom stereocenters. The van der Waals surface area contributed by atoms with Gasteiger partial charge in [0.25, 0.3) is 0 Å². The van der Waals surface area contributed by atoms with Gasteiger partial charge in [-0.1, -0.05) is 19.1 Å². The summed E-state index contributed by atoms with van der Waals surface area (Å²) in [5.41, 5.74) is 3.26. The Hall–Kier alpha value is -3.39. The average molecular weight is 451 g/mol. The molecule has 2 atom stereocenters. The third kappa shape index (κ3) is 5.90. The fourth-order valence-corrected chi connectivity index (χ4v) is 4.11. The van der Waals surface area contributed by atoms with Crippen LogP contribution in [-0.4, -0.2) is 43.6 Å². The molecule has 0 spiro atoms. The van der Waals surface area contributed by atoms with Crippen LogP contribution in [0.15, 0.2) is 48.5 Å². The van der Waals surface area contributed by atoms with Crippen molar-refractivity contribution < 1.29 is 19.1 Å². The predicted molar refractivity (Wildman–Crippen MR) is 127 cm³/mol. The van der Waals surface area contributed by atoms with Crippen LogP contribution in [0.3, 0.4) is 0 Å². The third-order valence-electron chi connectivity index (χ3n) is 6.08. The molecule has 3 N–H and O–H groups in total. The highest BCUT2D eigenvalue weighted by Gasteiger charge is 2.35. The van der Waals surface area contributed by atoms with Crippen LogP contribution < -0.4 is 20.9 Å². The number of hydrogen-bond donors (Lipinski definition) is 3. The molecule has 2 aromatic carbocycles. The van der Waals surface area contributed by atoms with Gasteiger partial charge in [0.1, 0.15) is 0 Å². The van der Waals surface area contributed by atoms with Gasteiger partial charge in [-0.3, -0.25) is 9.59 Å². The summed E-state index contributed by atoms with van der Waals surface area (Å²) in [6.45, 7) is 3.68. The van der Waals surface area contributed by atoms with E-state index < -0.39 is 5.92 Å². The van der Waals surface area contributed by atoms with E-state index in [9.17, 15) is 14.4 Å². The summed E-state index contributed by atoms with van der Waals surface area (Å²) in [4.78, 5) is 38.9. The lowest BCUT2D eigenvalue weighted by molar-refractivity contribution is -0.122. The molecule has 0 bridgehead atoms. The van der Waals surface area contributed by atoms with Crippen molar-refractivity contribution in [3.8, 4) is 0 Å². The SMILES string of the molecule is CCc1ccc(N2CC(C(=O)Nc3ccc(NC(=O)NCC4CCCO4)cc3)CC2=O)cc1. The third-order valence-corrected chi connectivity index (χ3v) is 6.08. The maximum Gasteiger partial charge on any atom is 0.319 e. The Morgan fingerprint density at radius 3 is 2.36 bits per heavy atom. The highest BCUT2D eigenvalue weighted by molar-refractivity contribution is 6.03. The molecule has 174 valence electrons. The number of urea groups is 1. The van der Waals surface area contributed by atoms with Gasteiger partial charge >= 0.3 is 6.03 Å². The van der Waals surface area contributed by atoms with Gasteiger partial charge in [0.05, 0.1) is 12.0 Å².